The monoisotopic (exact) mass is 257 g/mol. The van der Waals surface area contributed by atoms with Crippen molar-refractivity contribution in [2.24, 2.45) is 5.41 Å². The van der Waals surface area contributed by atoms with Crippen LogP contribution in [0.2, 0.25) is 0 Å². The number of ether oxygens (including phenoxy) is 2. The van der Waals surface area contributed by atoms with Crippen LogP contribution in [0.3, 0.4) is 0 Å². The number of nitrogens with one attached hydrogen (secondary N) is 1. The zero-order valence-corrected chi connectivity index (χ0v) is 11.8. The van der Waals surface area contributed by atoms with Crippen molar-refractivity contribution in [3.8, 4) is 0 Å². The van der Waals surface area contributed by atoms with Gasteiger partial charge in [-0.3, -0.25) is 4.79 Å². The Labute approximate surface area is 110 Å². The van der Waals surface area contributed by atoms with Crippen LogP contribution in [0.1, 0.15) is 46.0 Å². The fourth-order valence-electron chi connectivity index (χ4n) is 2.53. The number of hydrogen-bond donors (Lipinski definition) is 1. The van der Waals surface area contributed by atoms with E-state index in [0.717, 1.165) is 51.8 Å². The smallest absolute Gasteiger partial charge is 0.313 e. The maximum absolute atomic E-state index is 12.2. The molecular weight excluding hydrogens is 230 g/mol. The number of rotatable bonds is 8. The van der Waals surface area contributed by atoms with Crippen molar-refractivity contribution in [1.82, 2.24) is 5.32 Å². The lowest BCUT2D eigenvalue weighted by Gasteiger charge is -2.35. The molecule has 4 heteroatoms. The molecule has 0 aromatic heterocycles. The molecule has 1 N–H and O–H groups in total. The highest BCUT2D eigenvalue weighted by Crippen LogP contribution is 2.32. The van der Waals surface area contributed by atoms with E-state index in [1.54, 1.807) is 0 Å². The van der Waals surface area contributed by atoms with Crippen molar-refractivity contribution >= 4 is 5.97 Å². The summed E-state index contributed by atoms with van der Waals surface area (Å²) in [5, 5.41) is 3.32. The van der Waals surface area contributed by atoms with E-state index in [-0.39, 0.29) is 11.4 Å². The maximum Gasteiger partial charge on any atom is 0.313 e. The lowest BCUT2D eigenvalue weighted by molar-refractivity contribution is -0.159. The summed E-state index contributed by atoms with van der Waals surface area (Å²) in [6.07, 6.45) is 4.93. The minimum absolute atomic E-state index is 0.0448. The van der Waals surface area contributed by atoms with Gasteiger partial charge in [0.1, 0.15) is 6.61 Å². The SMILES string of the molecule is CCCOCCOC(=O)C1(CCC)CCCNC1. The molecule has 0 aromatic carbocycles. The standard InChI is InChI=1S/C14H27NO3/c1-3-6-14(7-5-8-15-12-14)13(16)18-11-10-17-9-4-2/h15H,3-12H2,1-2H3. The molecule has 1 unspecified atom stereocenters. The Kier molecular flexibility index (Phi) is 7.28. The summed E-state index contributed by atoms with van der Waals surface area (Å²) in [5.41, 5.74) is -0.294. The summed E-state index contributed by atoms with van der Waals surface area (Å²) in [5.74, 6) is -0.0448. The zero-order valence-electron chi connectivity index (χ0n) is 11.8. The molecule has 0 aliphatic carbocycles. The molecule has 1 atom stereocenters. The molecule has 0 aromatic rings. The van der Waals surface area contributed by atoms with Crippen LogP contribution in [0.25, 0.3) is 0 Å². The van der Waals surface area contributed by atoms with Crippen molar-refractivity contribution in [1.29, 1.82) is 0 Å². The van der Waals surface area contributed by atoms with Gasteiger partial charge < -0.3 is 14.8 Å². The summed E-state index contributed by atoms with van der Waals surface area (Å²) < 4.78 is 10.7. The number of carbonyl (C=O) groups excluding carboxylic acids is 1. The van der Waals surface area contributed by atoms with Crippen LogP contribution in [-0.4, -0.2) is 38.9 Å². The first-order valence-electron chi connectivity index (χ1n) is 7.21. The number of hydrogen-bond acceptors (Lipinski definition) is 4. The maximum atomic E-state index is 12.2. The van der Waals surface area contributed by atoms with Gasteiger partial charge in [-0.15, -0.1) is 0 Å². The molecule has 0 saturated carbocycles. The van der Waals surface area contributed by atoms with Crippen LogP contribution >= 0.6 is 0 Å². The molecule has 0 amide bonds. The molecule has 0 spiro atoms. The molecular formula is C14H27NO3. The van der Waals surface area contributed by atoms with Gasteiger partial charge in [0.05, 0.1) is 12.0 Å². The van der Waals surface area contributed by atoms with Crippen molar-refractivity contribution in [2.75, 3.05) is 32.9 Å². The average Bonchev–Trinajstić information content (AvgIpc) is 2.39. The normalized spacial score (nSPS) is 23.9. The van der Waals surface area contributed by atoms with Gasteiger partial charge in [0.15, 0.2) is 0 Å². The van der Waals surface area contributed by atoms with E-state index in [4.69, 9.17) is 9.47 Å². The van der Waals surface area contributed by atoms with Crippen molar-refractivity contribution < 1.29 is 14.3 Å². The van der Waals surface area contributed by atoms with Gasteiger partial charge in [0, 0.05) is 13.2 Å². The van der Waals surface area contributed by atoms with Crippen LogP contribution < -0.4 is 5.32 Å². The van der Waals surface area contributed by atoms with E-state index < -0.39 is 0 Å². The largest absolute Gasteiger partial charge is 0.463 e. The third-order valence-corrected chi connectivity index (χ3v) is 3.44. The first kappa shape index (κ1) is 15.4. The Balaban J connectivity index is 2.35. The van der Waals surface area contributed by atoms with Gasteiger partial charge in [-0.05, 0) is 32.2 Å². The third-order valence-electron chi connectivity index (χ3n) is 3.44. The number of esters is 1. The average molecular weight is 257 g/mol. The second-order valence-electron chi connectivity index (χ2n) is 5.06. The third kappa shape index (κ3) is 4.58. The molecule has 0 bridgehead atoms. The highest BCUT2D eigenvalue weighted by Gasteiger charge is 2.40. The molecule has 18 heavy (non-hydrogen) atoms. The Hall–Kier alpha value is -0.610. The van der Waals surface area contributed by atoms with E-state index in [1.165, 1.54) is 0 Å². The van der Waals surface area contributed by atoms with Gasteiger partial charge in [0.25, 0.3) is 0 Å². The molecule has 1 aliphatic rings. The summed E-state index contributed by atoms with van der Waals surface area (Å²) in [4.78, 5) is 12.2. The number of carbonyl (C=O) groups is 1. The summed E-state index contributed by atoms with van der Waals surface area (Å²) in [6.45, 7) is 7.58. The van der Waals surface area contributed by atoms with Gasteiger partial charge in [-0.1, -0.05) is 20.3 Å². The molecule has 1 saturated heterocycles. The van der Waals surface area contributed by atoms with Gasteiger partial charge in [0.2, 0.25) is 0 Å². The van der Waals surface area contributed by atoms with E-state index in [0.29, 0.717) is 13.2 Å². The summed E-state index contributed by atoms with van der Waals surface area (Å²) in [6, 6.07) is 0. The molecule has 0 radical (unpaired) electrons. The van der Waals surface area contributed by atoms with Gasteiger partial charge in [-0.2, -0.15) is 0 Å². The fourth-order valence-corrected chi connectivity index (χ4v) is 2.53. The minimum Gasteiger partial charge on any atom is -0.463 e. The predicted molar refractivity (Wildman–Crippen MR) is 71.5 cm³/mol. The lowest BCUT2D eigenvalue weighted by atomic mass is 9.77. The topological polar surface area (TPSA) is 47.6 Å². The van der Waals surface area contributed by atoms with Gasteiger partial charge >= 0.3 is 5.97 Å². The highest BCUT2D eigenvalue weighted by molar-refractivity contribution is 5.77. The molecule has 1 heterocycles. The second-order valence-corrected chi connectivity index (χ2v) is 5.06. The molecule has 1 aliphatic heterocycles. The predicted octanol–water partition coefficient (Wildman–Crippen LogP) is 2.13. The minimum atomic E-state index is -0.294. The Morgan fingerprint density at radius 1 is 1.22 bits per heavy atom. The lowest BCUT2D eigenvalue weighted by Crippen LogP contribution is -2.46. The Morgan fingerprint density at radius 2 is 2.06 bits per heavy atom. The van der Waals surface area contributed by atoms with Gasteiger partial charge in [-0.25, -0.2) is 0 Å². The fraction of sp³-hybridized carbons (Fsp3) is 0.929. The van der Waals surface area contributed by atoms with Crippen LogP contribution in [0.4, 0.5) is 0 Å². The van der Waals surface area contributed by atoms with Crippen molar-refractivity contribution in [3.05, 3.63) is 0 Å². The highest BCUT2D eigenvalue weighted by atomic mass is 16.6. The molecule has 1 fully saturated rings. The Morgan fingerprint density at radius 3 is 2.67 bits per heavy atom. The zero-order chi connectivity index (χ0) is 13.3. The second kappa shape index (κ2) is 8.48. The first-order chi connectivity index (χ1) is 8.75. The van der Waals surface area contributed by atoms with E-state index in [1.807, 2.05) is 0 Å². The molecule has 4 nitrogen and oxygen atoms in total. The van der Waals surface area contributed by atoms with Crippen molar-refractivity contribution in [3.63, 3.8) is 0 Å². The molecule has 106 valence electrons. The Bertz CT molecular complexity index is 232. The summed E-state index contributed by atoms with van der Waals surface area (Å²) in [7, 11) is 0. The van der Waals surface area contributed by atoms with E-state index >= 15 is 0 Å². The molecule has 1 rings (SSSR count). The van der Waals surface area contributed by atoms with E-state index in [2.05, 4.69) is 19.2 Å². The van der Waals surface area contributed by atoms with Crippen molar-refractivity contribution in [2.45, 2.75) is 46.0 Å². The summed E-state index contributed by atoms with van der Waals surface area (Å²) >= 11 is 0. The van der Waals surface area contributed by atoms with Crippen LogP contribution in [0.5, 0.6) is 0 Å². The van der Waals surface area contributed by atoms with Crippen LogP contribution in [0, 0.1) is 5.41 Å². The number of piperidine rings is 1. The quantitative estimate of drug-likeness (QED) is 0.534. The van der Waals surface area contributed by atoms with E-state index in [9.17, 15) is 4.79 Å². The van der Waals surface area contributed by atoms with Crippen LogP contribution in [-0.2, 0) is 14.3 Å². The first-order valence-corrected chi connectivity index (χ1v) is 7.21. The van der Waals surface area contributed by atoms with Crippen LogP contribution in [0.15, 0.2) is 0 Å².